The van der Waals surface area contributed by atoms with Crippen molar-refractivity contribution in [2.45, 2.75) is 32.0 Å². The van der Waals surface area contributed by atoms with Crippen LogP contribution >= 0.6 is 12.4 Å². The highest BCUT2D eigenvalue weighted by Crippen LogP contribution is 2.09. The third-order valence-corrected chi connectivity index (χ3v) is 3.30. The maximum atomic E-state index is 12.0. The van der Waals surface area contributed by atoms with Gasteiger partial charge in [0.05, 0.1) is 19.3 Å². The van der Waals surface area contributed by atoms with E-state index in [9.17, 15) is 4.79 Å². The SMILES string of the molecule is CC(COC1CCOC1)NC(=O)c1ccc(CN)cc1.Cl. The lowest BCUT2D eigenvalue weighted by Crippen LogP contribution is -2.37. The Morgan fingerprint density at radius 2 is 2.19 bits per heavy atom. The van der Waals surface area contributed by atoms with Crippen molar-refractivity contribution in [3.63, 3.8) is 0 Å². The summed E-state index contributed by atoms with van der Waals surface area (Å²) < 4.78 is 10.9. The molecular formula is C15H23ClN2O3. The lowest BCUT2D eigenvalue weighted by atomic mass is 10.1. The van der Waals surface area contributed by atoms with E-state index in [2.05, 4.69) is 5.32 Å². The third-order valence-electron chi connectivity index (χ3n) is 3.30. The fraction of sp³-hybridized carbons (Fsp3) is 0.533. The number of amides is 1. The standard InChI is InChI=1S/C15H22N2O3.ClH/c1-11(9-20-14-6-7-19-10-14)17-15(18)13-4-2-12(8-16)3-5-13;/h2-5,11,14H,6-10,16H2,1H3,(H,17,18);1H. The molecule has 2 unspecified atom stereocenters. The van der Waals surface area contributed by atoms with Crippen molar-refractivity contribution in [2.75, 3.05) is 19.8 Å². The van der Waals surface area contributed by atoms with Gasteiger partial charge in [-0.3, -0.25) is 4.79 Å². The highest BCUT2D eigenvalue weighted by molar-refractivity contribution is 5.94. The Bertz CT molecular complexity index is 433. The van der Waals surface area contributed by atoms with Crippen LogP contribution in [0.4, 0.5) is 0 Å². The highest BCUT2D eigenvalue weighted by atomic mass is 35.5. The van der Waals surface area contributed by atoms with Crippen LogP contribution in [0.1, 0.15) is 29.3 Å². The number of carbonyl (C=O) groups is 1. The number of rotatable bonds is 6. The summed E-state index contributed by atoms with van der Waals surface area (Å²) in [5.74, 6) is -0.0904. The zero-order valence-corrected chi connectivity index (χ0v) is 13.0. The van der Waals surface area contributed by atoms with E-state index in [0.717, 1.165) is 18.6 Å². The molecule has 5 nitrogen and oxygen atoms in total. The van der Waals surface area contributed by atoms with E-state index in [1.54, 1.807) is 12.1 Å². The molecule has 1 aromatic carbocycles. The van der Waals surface area contributed by atoms with Crippen molar-refractivity contribution in [1.29, 1.82) is 0 Å². The molecule has 6 heteroatoms. The van der Waals surface area contributed by atoms with E-state index in [0.29, 0.717) is 25.3 Å². The Kier molecular flexibility index (Phi) is 7.67. The van der Waals surface area contributed by atoms with Crippen LogP contribution in [0.5, 0.6) is 0 Å². The number of ether oxygens (including phenoxy) is 2. The summed E-state index contributed by atoms with van der Waals surface area (Å²) in [6.07, 6.45) is 1.10. The zero-order chi connectivity index (χ0) is 14.4. The number of halogens is 1. The van der Waals surface area contributed by atoms with E-state index >= 15 is 0 Å². The molecule has 1 aliphatic heterocycles. The number of benzene rings is 1. The normalized spacial score (nSPS) is 18.9. The van der Waals surface area contributed by atoms with Crippen LogP contribution in [0, 0.1) is 0 Å². The van der Waals surface area contributed by atoms with Crippen LogP contribution in [-0.4, -0.2) is 37.9 Å². The summed E-state index contributed by atoms with van der Waals surface area (Å²) in [7, 11) is 0. The minimum atomic E-state index is -0.0904. The summed E-state index contributed by atoms with van der Waals surface area (Å²) >= 11 is 0. The summed E-state index contributed by atoms with van der Waals surface area (Å²) in [6.45, 7) is 4.33. The summed E-state index contributed by atoms with van der Waals surface area (Å²) in [5, 5.41) is 2.92. The fourth-order valence-electron chi connectivity index (χ4n) is 2.07. The van der Waals surface area contributed by atoms with Crippen LogP contribution in [0.3, 0.4) is 0 Å². The van der Waals surface area contributed by atoms with Crippen LogP contribution < -0.4 is 11.1 Å². The van der Waals surface area contributed by atoms with Gasteiger partial charge in [-0.15, -0.1) is 12.4 Å². The van der Waals surface area contributed by atoms with Crippen molar-refractivity contribution >= 4 is 18.3 Å². The first kappa shape index (κ1) is 17.9. The lowest BCUT2D eigenvalue weighted by Gasteiger charge is -2.17. The molecule has 0 bridgehead atoms. The Morgan fingerprint density at radius 3 is 2.76 bits per heavy atom. The molecule has 2 rings (SSSR count). The first-order valence-electron chi connectivity index (χ1n) is 6.98. The predicted molar refractivity (Wildman–Crippen MR) is 83.7 cm³/mol. The fourth-order valence-corrected chi connectivity index (χ4v) is 2.07. The molecule has 1 amide bonds. The van der Waals surface area contributed by atoms with E-state index in [1.807, 2.05) is 19.1 Å². The van der Waals surface area contributed by atoms with Crippen molar-refractivity contribution in [2.24, 2.45) is 5.73 Å². The average molecular weight is 315 g/mol. The van der Waals surface area contributed by atoms with E-state index in [4.69, 9.17) is 15.2 Å². The van der Waals surface area contributed by atoms with E-state index < -0.39 is 0 Å². The number of hydrogen-bond acceptors (Lipinski definition) is 4. The smallest absolute Gasteiger partial charge is 0.251 e. The molecular weight excluding hydrogens is 292 g/mol. The predicted octanol–water partition coefficient (Wildman–Crippen LogP) is 1.49. The molecule has 1 fully saturated rings. The zero-order valence-electron chi connectivity index (χ0n) is 12.2. The van der Waals surface area contributed by atoms with Gasteiger partial charge in [0, 0.05) is 24.8 Å². The quantitative estimate of drug-likeness (QED) is 0.834. The van der Waals surface area contributed by atoms with Crippen molar-refractivity contribution in [3.05, 3.63) is 35.4 Å². The second-order valence-corrected chi connectivity index (χ2v) is 5.09. The molecule has 1 aromatic rings. The highest BCUT2D eigenvalue weighted by Gasteiger charge is 2.17. The van der Waals surface area contributed by atoms with Gasteiger partial charge in [-0.2, -0.15) is 0 Å². The molecule has 0 aromatic heterocycles. The van der Waals surface area contributed by atoms with Gasteiger partial charge >= 0.3 is 0 Å². The molecule has 0 saturated carbocycles. The number of carbonyl (C=O) groups excluding carboxylic acids is 1. The van der Waals surface area contributed by atoms with Crippen LogP contribution in [0.15, 0.2) is 24.3 Å². The maximum Gasteiger partial charge on any atom is 0.251 e. The van der Waals surface area contributed by atoms with Crippen LogP contribution in [0.25, 0.3) is 0 Å². The second-order valence-electron chi connectivity index (χ2n) is 5.09. The summed E-state index contributed by atoms with van der Waals surface area (Å²) in [4.78, 5) is 12.0. The molecule has 0 radical (unpaired) electrons. The Morgan fingerprint density at radius 1 is 1.48 bits per heavy atom. The molecule has 0 spiro atoms. The Balaban J connectivity index is 0.00000220. The number of hydrogen-bond donors (Lipinski definition) is 2. The van der Waals surface area contributed by atoms with E-state index in [1.165, 1.54) is 0 Å². The Hall–Kier alpha value is -1.14. The Labute approximate surface area is 131 Å². The first-order chi connectivity index (χ1) is 9.69. The molecule has 21 heavy (non-hydrogen) atoms. The molecule has 1 heterocycles. The minimum absolute atomic E-state index is 0. The van der Waals surface area contributed by atoms with Gasteiger partial charge in [0.2, 0.25) is 0 Å². The molecule has 118 valence electrons. The van der Waals surface area contributed by atoms with Gasteiger partial charge in [0.1, 0.15) is 0 Å². The average Bonchev–Trinajstić information content (AvgIpc) is 2.98. The van der Waals surface area contributed by atoms with Crippen LogP contribution in [-0.2, 0) is 16.0 Å². The molecule has 1 aliphatic rings. The van der Waals surface area contributed by atoms with Gasteiger partial charge in [0.15, 0.2) is 0 Å². The van der Waals surface area contributed by atoms with E-state index in [-0.39, 0.29) is 30.5 Å². The van der Waals surface area contributed by atoms with Gasteiger partial charge in [-0.25, -0.2) is 0 Å². The lowest BCUT2D eigenvalue weighted by molar-refractivity contribution is 0.0318. The molecule has 2 atom stereocenters. The summed E-state index contributed by atoms with van der Waals surface area (Å²) in [6, 6.07) is 7.28. The van der Waals surface area contributed by atoms with Crippen molar-refractivity contribution in [3.8, 4) is 0 Å². The first-order valence-corrected chi connectivity index (χ1v) is 6.98. The van der Waals surface area contributed by atoms with Gasteiger partial charge < -0.3 is 20.5 Å². The number of nitrogens with two attached hydrogens (primary N) is 1. The molecule has 3 N–H and O–H groups in total. The van der Waals surface area contributed by atoms with Crippen LogP contribution in [0.2, 0.25) is 0 Å². The third kappa shape index (κ3) is 5.63. The molecule has 0 aliphatic carbocycles. The monoisotopic (exact) mass is 314 g/mol. The van der Waals surface area contributed by atoms with Crippen molar-refractivity contribution in [1.82, 2.24) is 5.32 Å². The van der Waals surface area contributed by atoms with Gasteiger partial charge in [-0.05, 0) is 31.0 Å². The minimum Gasteiger partial charge on any atom is -0.379 e. The molecule has 1 saturated heterocycles. The topological polar surface area (TPSA) is 73.6 Å². The number of nitrogens with one attached hydrogen (secondary N) is 1. The van der Waals surface area contributed by atoms with Crippen molar-refractivity contribution < 1.29 is 14.3 Å². The maximum absolute atomic E-state index is 12.0. The largest absolute Gasteiger partial charge is 0.379 e. The van der Waals surface area contributed by atoms with Gasteiger partial charge in [0.25, 0.3) is 5.91 Å². The second kappa shape index (κ2) is 9.00. The summed E-state index contributed by atoms with van der Waals surface area (Å²) in [5.41, 5.74) is 7.18. The van der Waals surface area contributed by atoms with Gasteiger partial charge in [-0.1, -0.05) is 12.1 Å².